The summed E-state index contributed by atoms with van der Waals surface area (Å²) in [6.45, 7) is 5.81. The van der Waals surface area contributed by atoms with Gasteiger partial charge in [-0.1, -0.05) is 0 Å². The highest BCUT2D eigenvalue weighted by Crippen LogP contribution is 2.29. The number of rotatable bonds is 3. The largest absolute Gasteiger partial charge is 0.339 e. The quantitative estimate of drug-likeness (QED) is 0.870. The highest BCUT2D eigenvalue weighted by atomic mass is 16.2. The average Bonchev–Trinajstić information content (AvgIpc) is 3.11. The Bertz CT molecular complexity index is 746. The molecule has 2 heterocycles. The maximum Gasteiger partial charge on any atom is 0.253 e. The van der Waals surface area contributed by atoms with Gasteiger partial charge in [-0.15, -0.1) is 0 Å². The summed E-state index contributed by atoms with van der Waals surface area (Å²) in [7, 11) is 0. The molecule has 1 fully saturated rings. The van der Waals surface area contributed by atoms with Gasteiger partial charge in [0.25, 0.3) is 5.91 Å². The summed E-state index contributed by atoms with van der Waals surface area (Å²) in [4.78, 5) is 19.0. The maximum atomic E-state index is 12.6. The molecular weight excluding hydrogens is 300 g/mol. The third kappa shape index (κ3) is 3.18. The van der Waals surface area contributed by atoms with Crippen LogP contribution in [0.3, 0.4) is 0 Å². The van der Waals surface area contributed by atoms with Crippen molar-refractivity contribution in [1.82, 2.24) is 14.5 Å². The number of likely N-dealkylation sites (tertiary alicyclic amines) is 1. The molecule has 0 aliphatic carbocycles. The fourth-order valence-electron chi connectivity index (χ4n) is 3.29. The lowest BCUT2D eigenvalue weighted by Crippen LogP contribution is -2.38. The Hall–Kier alpha value is -2.61. The zero-order chi connectivity index (χ0) is 17.1. The van der Waals surface area contributed by atoms with Crippen LogP contribution < -0.4 is 0 Å². The van der Waals surface area contributed by atoms with Gasteiger partial charge >= 0.3 is 0 Å². The van der Waals surface area contributed by atoms with E-state index in [2.05, 4.69) is 29.5 Å². The van der Waals surface area contributed by atoms with Crippen LogP contribution in [0.2, 0.25) is 0 Å². The van der Waals surface area contributed by atoms with E-state index in [0.29, 0.717) is 23.1 Å². The summed E-state index contributed by atoms with van der Waals surface area (Å²) in [6.07, 6.45) is 5.77. The van der Waals surface area contributed by atoms with Crippen molar-refractivity contribution in [1.29, 1.82) is 5.26 Å². The lowest BCUT2D eigenvalue weighted by Gasteiger charge is -2.32. The first kappa shape index (κ1) is 16.3. The van der Waals surface area contributed by atoms with Crippen LogP contribution in [0.4, 0.5) is 0 Å². The second-order valence-electron chi connectivity index (χ2n) is 6.54. The van der Waals surface area contributed by atoms with Gasteiger partial charge in [0, 0.05) is 43.0 Å². The van der Waals surface area contributed by atoms with Gasteiger partial charge in [-0.3, -0.25) is 4.79 Å². The van der Waals surface area contributed by atoms with Crippen LogP contribution in [0.1, 0.15) is 60.4 Å². The predicted octanol–water partition coefficient (Wildman–Crippen LogP) is 3.36. The first-order valence-electron chi connectivity index (χ1n) is 8.42. The lowest BCUT2D eigenvalue weighted by molar-refractivity contribution is 0.0710. The minimum atomic E-state index is 0.0464. The Morgan fingerprint density at radius 3 is 2.50 bits per heavy atom. The molecule has 1 aliphatic rings. The SMILES string of the molecule is CC(C)n1ccnc1C1CCN(C(=O)c2ccc(C#N)cc2)CC1. The molecule has 1 amide bonds. The Morgan fingerprint density at radius 2 is 1.92 bits per heavy atom. The van der Waals surface area contributed by atoms with E-state index in [0.717, 1.165) is 31.8 Å². The van der Waals surface area contributed by atoms with Crippen molar-refractivity contribution in [2.45, 2.75) is 38.6 Å². The highest BCUT2D eigenvalue weighted by molar-refractivity contribution is 5.94. The van der Waals surface area contributed by atoms with Crippen LogP contribution in [0.5, 0.6) is 0 Å². The molecule has 1 aliphatic heterocycles. The van der Waals surface area contributed by atoms with Gasteiger partial charge in [-0.2, -0.15) is 5.26 Å². The molecule has 0 radical (unpaired) electrons. The molecule has 0 spiro atoms. The van der Waals surface area contributed by atoms with Crippen LogP contribution >= 0.6 is 0 Å². The molecule has 0 bridgehead atoms. The minimum Gasteiger partial charge on any atom is -0.339 e. The van der Waals surface area contributed by atoms with E-state index in [1.54, 1.807) is 24.3 Å². The summed E-state index contributed by atoms with van der Waals surface area (Å²) >= 11 is 0. The summed E-state index contributed by atoms with van der Waals surface area (Å²) in [5.41, 5.74) is 1.22. The molecule has 2 aromatic rings. The Balaban J connectivity index is 1.65. The number of carbonyl (C=O) groups excluding carboxylic acids is 1. The molecule has 3 rings (SSSR count). The molecule has 124 valence electrons. The monoisotopic (exact) mass is 322 g/mol. The van der Waals surface area contributed by atoms with Crippen LogP contribution in [-0.4, -0.2) is 33.4 Å². The van der Waals surface area contributed by atoms with E-state index in [9.17, 15) is 4.79 Å². The Labute approximate surface area is 142 Å². The van der Waals surface area contributed by atoms with Crippen molar-refractivity contribution < 1.29 is 4.79 Å². The summed E-state index contributed by atoms with van der Waals surface area (Å²) in [5, 5.41) is 8.84. The highest BCUT2D eigenvalue weighted by Gasteiger charge is 2.27. The predicted molar refractivity (Wildman–Crippen MR) is 91.6 cm³/mol. The van der Waals surface area contributed by atoms with Gasteiger partial charge < -0.3 is 9.47 Å². The zero-order valence-electron chi connectivity index (χ0n) is 14.1. The van der Waals surface area contributed by atoms with Gasteiger partial charge in [0.05, 0.1) is 11.6 Å². The number of aromatic nitrogens is 2. The normalized spacial score (nSPS) is 15.5. The minimum absolute atomic E-state index is 0.0464. The van der Waals surface area contributed by atoms with E-state index in [4.69, 9.17) is 5.26 Å². The topological polar surface area (TPSA) is 61.9 Å². The number of imidazole rings is 1. The van der Waals surface area contributed by atoms with Crippen LogP contribution in [-0.2, 0) is 0 Å². The van der Waals surface area contributed by atoms with Gasteiger partial charge in [0.2, 0.25) is 0 Å². The number of nitriles is 1. The number of hydrogen-bond donors (Lipinski definition) is 0. The van der Waals surface area contributed by atoms with Crippen LogP contribution in [0.25, 0.3) is 0 Å². The van der Waals surface area contributed by atoms with Crippen molar-refractivity contribution in [2.75, 3.05) is 13.1 Å². The van der Waals surface area contributed by atoms with E-state index in [-0.39, 0.29) is 5.91 Å². The third-order valence-electron chi connectivity index (χ3n) is 4.66. The first-order valence-corrected chi connectivity index (χ1v) is 8.42. The summed E-state index contributed by atoms with van der Waals surface area (Å²) < 4.78 is 2.22. The summed E-state index contributed by atoms with van der Waals surface area (Å²) in [6, 6.07) is 9.33. The van der Waals surface area contributed by atoms with Gasteiger partial charge in [-0.25, -0.2) is 4.98 Å². The number of amides is 1. The Kier molecular flexibility index (Phi) is 4.66. The third-order valence-corrected chi connectivity index (χ3v) is 4.66. The van der Waals surface area contributed by atoms with Crippen LogP contribution in [0, 0.1) is 11.3 Å². The number of hydrogen-bond acceptors (Lipinski definition) is 3. The molecular formula is C19H22N4O. The molecule has 24 heavy (non-hydrogen) atoms. The first-order chi connectivity index (χ1) is 11.6. The lowest BCUT2D eigenvalue weighted by atomic mass is 9.95. The summed E-state index contributed by atoms with van der Waals surface area (Å²) in [5.74, 6) is 1.59. The van der Waals surface area contributed by atoms with E-state index < -0.39 is 0 Å². The van der Waals surface area contributed by atoms with Gasteiger partial charge in [-0.05, 0) is 51.0 Å². The maximum absolute atomic E-state index is 12.6. The van der Waals surface area contributed by atoms with Crippen molar-refractivity contribution in [2.24, 2.45) is 0 Å². The second-order valence-corrected chi connectivity index (χ2v) is 6.54. The number of nitrogens with zero attached hydrogens (tertiary/aromatic N) is 4. The fourth-order valence-corrected chi connectivity index (χ4v) is 3.29. The second kappa shape index (κ2) is 6.88. The molecule has 0 atom stereocenters. The van der Waals surface area contributed by atoms with E-state index >= 15 is 0 Å². The molecule has 0 unspecified atom stereocenters. The molecule has 5 nitrogen and oxygen atoms in total. The molecule has 0 N–H and O–H groups in total. The smallest absolute Gasteiger partial charge is 0.253 e. The van der Waals surface area contributed by atoms with E-state index in [1.807, 2.05) is 17.3 Å². The number of benzene rings is 1. The average molecular weight is 322 g/mol. The number of carbonyl (C=O) groups is 1. The Morgan fingerprint density at radius 1 is 1.25 bits per heavy atom. The zero-order valence-corrected chi connectivity index (χ0v) is 14.1. The molecule has 1 aromatic carbocycles. The fraction of sp³-hybridized carbons (Fsp3) is 0.421. The van der Waals surface area contributed by atoms with Crippen LogP contribution in [0.15, 0.2) is 36.7 Å². The van der Waals surface area contributed by atoms with Gasteiger partial charge in [0.1, 0.15) is 5.82 Å². The van der Waals surface area contributed by atoms with Crippen molar-refractivity contribution in [3.63, 3.8) is 0 Å². The molecule has 0 saturated carbocycles. The molecule has 1 saturated heterocycles. The van der Waals surface area contributed by atoms with Gasteiger partial charge in [0.15, 0.2) is 0 Å². The molecule has 1 aromatic heterocycles. The number of piperidine rings is 1. The van der Waals surface area contributed by atoms with Crippen molar-refractivity contribution >= 4 is 5.91 Å². The standard InChI is InChI=1S/C19H22N4O/c1-14(2)23-12-9-21-18(23)16-7-10-22(11-8-16)19(24)17-5-3-15(13-20)4-6-17/h3-6,9,12,14,16H,7-8,10-11H2,1-2H3. The molecule has 5 heteroatoms. The van der Waals surface area contributed by atoms with Crippen molar-refractivity contribution in [3.05, 3.63) is 53.6 Å². The van der Waals surface area contributed by atoms with Crippen molar-refractivity contribution in [3.8, 4) is 6.07 Å². The van der Waals surface area contributed by atoms with E-state index in [1.165, 1.54) is 0 Å².